The summed E-state index contributed by atoms with van der Waals surface area (Å²) < 4.78 is 5.90. The van der Waals surface area contributed by atoms with E-state index >= 15 is 0 Å². The number of carbonyl (C=O) groups is 1. The Morgan fingerprint density at radius 1 is 1.56 bits per heavy atom. The van der Waals surface area contributed by atoms with Crippen molar-refractivity contribution in [1.29, 1.82) is 0 Å². The summed E-state index contributed by atoms with van der Waals surface area (Å²) in [6, 6.07) is 2.04. The van der Waals surface area contributed by atoms with Gasteiger partial charge >= 0.3 is 0 Å². The van der Waals surface area contributed by atoms with E-state index in [0.717, 1.165) is 24.8 Å². The lowest BCUT2D eigenvalue weighted by Gasteiger charge is -2.18. The average Bonchev–Trinajstić information content (AvgIpc) is 2.59. The Morgan fingerprint density at radius 2 is 2.38 bits per heavy atom. The lowest BCUT2D eigenvalue weighted by molar-refractivity contribution is 0.0904. The van der Waals surface area contributed by atoms with Crippen molar-refractivity contribution in [3.8, 4) is 0 Å². The zero-order chi connectivity index (χ0) is 11.5. The van der Waals surface area contributed by atoms with Gasteiger partial charge in [-0.2, -0.15) is 0 Å². The van der Waals surface area contributed by atoms with Crippen molar-refractivity contribution in [2.24, 2.45) is 0 Å². The minimum absolute atomic E-state index is 0.122. The fourth-order valence-corrected chi connectivity index (χ4v) is 2.35. The second-order valence-corrected chi connectivity index (χ2v) is 4.80. The van der Waals surface area contributed by atoms with Gasteiger partial charge in [-0.05, 0) is 48.2 Å². The second-order valence-electron chi connectivity index (χ2n) is 4.02. The highest BCUT2D eigenvalue weighted by molar-refractivity contribution is 9.10. The molecule has 0 aliphatic heterocycles. The summed E-state index contributed by atoms with van der Waals surface area (Å²) in [6.07, 6.45) is 7.21. The Bertz CT molecular complexity index is 423. The van der Waals surface area contributed by atoms with Crippen LogP contribution in [0.2, 0.25) is 0 Å². The van der Waals surface area contributed by atoms with E-state index in [2.05, 4.69) is 33.4 Å². The standard InChI is InChI=1S/C12H14BrNO2/c1-8-7-10(13)16-11(8)12(15)14-9-5-3-2-4-6-9/h2-3,7,9H,4-6H2,1H3,(H,14,15)/t9-/m0/s1. The van der Waals surface area contributed by atoms with Gasteiger partial charge in [-0.15, -0.1) is 0 Å². The van der Waals surface area contributed by atoms with Crippen molar-refractivity contribution in [1.82, 2.24) is 5.32 Å². The van der Waals surface area contributed by atoms with Crippen LogP contribution in [0.25, 0.3) is 0 Å². The Morgan fingerprint density at radius 3 is 2.94 bits per heavy atom. The van der Waals surface area contributed by atoms with Gasteiger partial charge in [-0.3, -0.25) is 4.79 Å². The van der Waals surface area contributed by atoms with Gasteiger partial charge in [-0.25, -0.2) is 0 Å². The SMILES string of the molecule is Cc1cc(Br)oc1C(=O)N[C@H]1CC=CCC1. The molecular formula is C12H14BrNO2. The van der Waals surface area contributed by atoms with Crippen LogP contribution in [0, 0.1) is 6.92 Å². The number of furan rings is 1. The Kier molecular flexibility index (Phi) is 3.49. The van der Waals surface area contributed by atoms with E-state index in [1.165, 1.54) is 0 Å². The van der Waals surface area contributed by atoms with Crippen molar-refractivity contribution in [3.05, 3.63) is 34.2 Å². The molecule has 1 aliphatic carbocycles. The van der Waals surface area contributed by atoms with Crippen molar-refractivity contribution >= 4 is 21.8 Å². The van der Waals surface area contributed by atoms with Crippen molar-refractivity contribution < 1.29 is 9.21 Å². The third kappa shape index (κ3) is 2.55. The van der Waals surface area contributed by atoms with Crippen LogP contribution in [-0.2, 0) is 0 Å². The van der Waals surface area contributed by atoms with Crippen molar-refractivity contribution in [2.45, 2.75) is 32.2 Å². The zero-order valence-electron chi connectivity index (χ0n) is 9.13. The van der Waals surface area contributed by atoms with Crippen LogP contribution >= 0.6 is 15.9 Å². The summed E-state index contributed by atoms with van der Waals surface area (Å²) in [4.78, 5) is 11.9. The molecule has 0 fully saturated rings. The first-order valence-corrected chi connectivity index (χ1v) is 6.18. The summed E-state index contributed by atoms with van der Waals surface area (Å²) in [7, 11) is 0. The summed E-state index contributed by atoms with van der Waals surface area (Å²) >= 11 is 3.22. The van der Waals surface area contributed by atoms with E-state index < -0.39 is 0 Å². The molecule has 3 nitrogen and oxygen atoms in total. The van der Waals surface area contributed by atoms with Crippen LogP contribution < -0.4 is 5.32 Å². The molecule has 0 unspecified atom stereocenters. The highest BCUT2D eigenvalue weighted by Crippen LogP contribution is 2.20. The Hall–Kier alpha value is -1.03. The number of aryl methyl sites for hydroxylation is 1. The minimum Gasteiger partial charge on any atom is -0.444 e. The predicted octanol–water partition coefficient (Wildman–Crippen LogP) is 3.19. The molecule has 0 saturated carbocycles. The first-order valence-electron chi connectivity index (χ1n) is 5.38. The third-order valence-electron chi connectivity index (χ3n) is 2.70. The maximum absolute atomic E-state index is 11.9. The second kappa shape index (κ2) is 4.87. The molecule has 1 amide bonds. The molecule has 0 bridgehead atoms. The van der Waals surface area contributed by atoms with Crippen LogP contribution in [-0.4, -0.2) is 11.9 Å². The molecule has 1 atom stereocenters. The van der Waals surface area contributed by atoms with E-state index in [4.69, 9.17) is 4.42 Å². The Labute approximate surface area is 103 Å². The number of amides is 1. The fourth-order valence-electron chi connectivity index (χ4n) is 1.84. The van der Waals surface area contributed by atoms with Crippen molar-refractivity contribution in [2.75, 3.05) is 0 Å². The largest absolute Gasteiger partial charge is 0.444 e. The first-order chi connectivity index (χ1) is 7.66. The monoisotopic (exact) mass is 283 g/mol. The minimum atomic E-state index is -0.122. The fraction of sp³-hybridized carbons (Fsp3) is 0.417. The topological polar surface area (TPSA) is 42.2 Å². The summed E-state index contributed by atoms with van der Waals surface area (Å²) in [6.45, 7) is 1.87. The molecule has 1 aromatic heterocycles. The number of hydrogen-bond donors (Lipinski definition) is 1. The van der Waals surface area contributed by atoms with Gasteiger partial charge in [0.1, 0.15) is 0 Å². The van der Waals surface area contributed by atoms with Crippen LogP contribution in [0.1, 0.15) is 35.4 Å². The summed E-state index contributed by atoms with van der Waals surface area (Å²) in [5, 5.41) is 2.98. The van der Waals surface area contributed by atoms with Crippen molar-refractivity contribution in [3.63, 3.8) is 0 Å². The maximum Gasteiger partial charge on any atom is 0.287 e. The van der Waals surface area contributed by atoms with Gasteiger partial charge < -0.3 is 9.73 Å². The van der Waals surface area contributed by atoms with Crippen LogP contribution in [0.5, 0.6) is 0 Å². The number of hydrogen-bond acceptors (Lipinski definition) is 2. The molecule has 4 heteroatoms. The average molecular weight is 284 g/mol. The lowest BCUT2D eigenvalue weighted by atomic mass is 10.0. The van der Waals surface area contributed by atoms with Gasteiger partial charge in [0.05, 0.1) is 0 Å². The molecule has 0 saturated heterocycles. The Balaban J connectivity index is 2.02. The third-order valence-corrected chi connectivity index (χ3v) is 3.09. The highest BCUT2D eigenvalue weighted by atomic mass is 79.9. The molecule has 1 N–H and O–H groups in total. The molecule has 86 valence electrons. The normalized spacial score (nSPS) is 19.8. The molecule has 16 heavy (non-hydrogen) atoms. The predicted molar refractivity (Wildman–Crippen MR) is 65.4 cm³/mol. The molecule has 1 aliphatic rings. The van der Waals surface area contributed by atoms with Gasteiger partial charge in [0.2, 0.25) is 0 Å². The zero-order valence-corrected chi connectivity index (χ0v) is 10.7. The molecule has 0 radical (unpaired) electrons. The van der Waals surface area contributed by atoms with E-state index in [1.807, 2.05) is 6.92 Å². The van der Waals surface area contributed by atoms with Crippen LogP contribution in [0.3, 0.4) is 0 Å². The number of carbonyl (C=O) groups excluding carboxylic acids is 1. The first kappa shape index (κ1) is 11.5. The summed E-state index contributed by atoms with van der Waals surface area (Å²) in [5.41, 5.74) is 0.857. The highest BCUT2D eigenvalue weighted by Gasteiger charge is 2.19. The maximum atomic E-state index is 11.9. The lowest BCUT2D eigenvalue weighted by Crippen LogP contribution is -2.35. The van der Waals surface area contributed by atoms with Gasteiger partial charge in [0.15, 0.2) is 10.4 Å². The molecule has 0 aromatic carbocycles. The number of allylic oxidation sites excluding steroid dienone is 1. The smallest absolute Gasteiger partial charge is 0.287 e. The van der Waals surface area contributed by atoms with Gasteiger partial charge in [-0.1, -0.05) is 12.2 Å². The van der Waals surface area contributed by atoms with Crippen LogP contribution in [0.15, 0.2) is 27.3 Å². The number of halogens is 1. The van der Waals surface area contributed by atoms with E-state index in [0.29, 0.717) is 10.4 Å². The molecule has 1 heterocycles. The van der Waals surface area contributed by atoms with E-state index in [-0.39, 0.29) is 11.9 Å². The summed E-state index contributed by atoms with van der Waals surface area (Å²) in [5.74, 6) is 0.282. The van der Waals surface area contributed by atoms with Gasteiger partial charge in [0, 0.05) is 11.6 Å². The number of rotatable bonds is 2. The molecular weight excluding hydrogens is 270 g/mol. The van der Waals surface area contributed by atoms with Gasteiger partial charge in [0.25, 0.3) is 5.91 Å². The molecule has 1 aromatic rings. The number of nitrogens with one attached hydrogen (secondary N) is 1. The quantitative estimate of drug-likeness (QED) is 0.847. The van der Waals surface area contributed by atoms with E-state index in [9.17, 15) is 4.79 Å². The molecule has 2 rings (SSSR count). The van der Waals surface area contributed by atoms with Crippen LogP contribution in [0.4, 0.5) is 0 Å². The molecule has 0 spiro atoms. The van der Waals surface area contributed by atoms with E-state index in [1.54, 1.807) is 6.07 Å².